The second kappa shape index (κ2) is 25.1. The molecule has 3 N–H and O–H groups in total. The van der Waals surface area contributed by atoms with Gasteiger partial charge in [-0.15, -0.1) is 0 Å². The SMILES string of the molecule is CCCCCCCCCCCCc1ccccc1.N=C(N)Sc1ccccc1.[Cu+].[c-]1ccccc1. The molecule has 0 saturated heterocycles. The summed E-state index contributed by atoms with van der Waals surface area (Å²) in [5.41, 5.74) is 6.67. The molecule has 0 aliphatic carbocycles. The fraction of sp³-hybridized carbons (Fsp3) is 0.387. The maximum atomic E-state index is 6.97. The van der Waals surface area contributed by atoms with E-state index in [0.717, 1.165) is 4.90 Å². The van der Waals surface area contributed by atoms with Crippen LogP contribution >= 0.6 is 11.8 Å². The molecule has 0 bridgehead atoms. The molecule has 194 valence electrons. The molecule has 3 aromatic carbocycles. The summed E-state index contributed by atoms with van der Waals surface area (Å²) in [6.45, 7) is 2.28. The maximum absolute atomic E-state index is 6.97. The third-order valence-electron chi connectivity index (χ3n) is 5.24. The molecule has 0 atom stereocenters. The van der Waals surface area contributed by atoms with Crippen LogP contribution < -0.4 is 5.73 Å². The average Bonchev–Trinajstić information content (AvgIpc) is 2.88. The van der Waals surface area contributed by atoms with E-state index >= 15 is 0 Å². The first kappa shape index (κ1) is 33.0. The third-order valence-corrected chi connectivity index (χ3v) is 5.97. The van der Waals surface area contributed by atoms with Gasteiger partial charge in [-0.05, 0) is 30.5 Å². The van der Waals surface area contributed by atoms with E-state index in [4.69, 9.17) is 11.1 Å². The molecular formula is C31H43CuN2S. The summed E-state index contributed by atoms with van der Waals surface area (Å²) in [5.74, 6) is 0. The minimum Gasteiger partial charge on any atom is -0.378 e. The molecule has 35 heavy (non-hydrogen) atoms. The van der Waals surface area contributed by atoms with Crippen LogP contribution in [0.1, 0.15) is 76.7 Å². The molecule has 0 aliphatic rings. The monoisotopic (exact) mass is 538 g/mol. The van der Waals surface area contributed by atoms with E-state index in [9.17, 15) is 0 Å². The van der Waals surface area contributed by atoms with Gasteiger partial charge in [-0.1, -0.05) is 125 Å². The Morgan fingerprint density at radius 3 is 1.57 bits per heavy atom. The van der Waals surface area contributed by atoms with Crippen LogP contribution in [0.4, 0.5) is 0 Å². The molecule has 3 rings (SSSR count). The first-order valence-electron chi connectivity index (χ1n) is 12.7. The molecule has 0 radical (unpaired) electrons. The van der Waals surface area contributed by atoms with Crippen LogP contribution in [-0.4, -0.2) is 5.17 Å². The smallest absolute Gasteiger partial charge is 0.378 e. The quantitative estimate of drug-likeness (QED) is 0.0602. The molecule has 0 aliphatic heterocycles. The largest absolute Gasteiger partial charge is 1.00 e. The Bertz CT molecular complexity index is 786. The summed E-state index contributed by atoms with van der Waals surface area (Å²) in [4.78, 5) is 1.01. The van der Waals surface area contributed by atoms with Crippen LogP contribution in [0.15, 0.2) is 95.9 Å². The van der Waals surface area contributed by atoms with E-state index < -0.39 is 0 Å². The first-order valence-corrected chi connectivity index (χ1v) is 13.6. The number of aryl methyl sites for hydroxylation is 1. The van der Waals surface area contributed by atoms with E-state index in [2.05, 4.69) is 43.3 Å². The van der Waals surface area contributed by atoms with Gasteiger partial charge in [0.25, 0.3) is 0 Å². The van der Waals surface area contributed by atoms with E-state index in [-0.39, 0.29) is 22.2 Å². The minimum atomic E-state index is 0. The fourth-order valence-corrected chi connectivity index (χ4v) is 3.97. The van der Waals surface area contributed by atoms with Crippen LogP contribution in [0, 0.1) is 11.5 Å². The van der Waals surface area contributed by atoms with Gasteiger partial charge in [-0.3, -0.25) is 5.41 Å². The summed E-state index contributed by atoms with van der Waals surface area (Å²) in [6, 6.07) is 33.0. The number of benzene rings is 3. The standard InChI is InChI=1S/C18H30.C7H8N2S.C6H5.Cu/c1-2-3-4-5-6-7-8-9-10-12-15-18-16-13-11-14-17-18;8-7(9)10-6-4-2-1-3-5-6;1-2-4-6-5-3-1;/h11,13-14,16-17H,2-10,12,15H2,1H3;1-5H,(H3,8,9);1-5H;/q;;-1;+1. The van der Waals surface area contributed by atoms with Crippen molar-refractivity contribution in [1.29, 1.82) is 5.41 Å². The topological polar surface area (TPSA) is 49.9 Å². The maximum Gasteiger partial charge on any atom is 1.00 e. The predicted molar refractivity (Wildman–Crippen MR) is 151 cm³/mol. The van der Waals surface area contributed by atoms with E-state index in [0.29, 0.717) is 0 Å². The molecule has 0 spiro atoms. The Hall–Kier alpha value is -2.00. The fourth-order valence-electron chi connectivity index (χ4n) is 3.42. The second-order valence-electron chi connectivity index (χ2n) is 8.27. The number of hydrogen-bond acceptors (Lipinski definition) is 2. The van der Waals surface area contributed by atoms with Crippen molar-refractivity contribution < 1.29 is 17.1 Å². The van der Waals surface area contributed by atoms with Gasteiger partial charge in [0.2, 0.25) is 0 Å². The van der Waals surface area contributed by atoms with Gasteiger partial charge < -0.3 is 5.73 Å². The summed E-state index contributed by atoms with van der Waals surface area (Å²) in [6.07, 6.45) is 15.5. The molecule has 0 unspecified atom stereocenters. The molecule has 0 saturated carbocycles. The number of nitrogens with one attached hydrogen (secondary N) is 1. The third kappa shape index (κ3) is 22.2. The average molecular weight is 539 g/mol. The molecule has 3 aromatic rings. The Kier molecular flexibility index (Phi) is 23.7. The van der Waals surface area contributed by atoms with E-state index in [1.165, 1.54) is 88.0 Å². The number of unbranched alkanes of at least 4 members (excludes halogenated alkanes) is 9. The van der Waals surface area contributed by atoms with E-state index in [1.54, 1.807) is 0 Å². The minimum absolute atomic E-state index is 0. The number of amidine groups is 1. The molecule has 0 aromatic heterocycles. The summed E-state index contributed by atoms with van der Waals surface area (Å²) in [7, 11) is 0. The van der Waals surface area contributed by atoms with Crippen molar-refractivity contribution in [2.75, 3.05) is 0 Å². The predicted octanol–water partition coefficient (Wildman–Crippen LogP) is 9.31. The Morgan fingerprint density at radius 2 is 1.14 bits per heavy atom. The van der Waals surface area contributed by atoms with Gasteiger partial charge in [0.05, 0.1) is 0 Å². The van der Waals surface area contributed by atoms with Crippen molar-refractivity contribution in [3.05, 3.63) is 103 Å². The zero-order valence-corrected chi connectivity index (χ0v) is 23.0. The van der Waals surface area contributed by atoms with Crippen LogP contribution in [0.2, 0.25) is 0 Å². The Balaban J connectivity index is 0.000000566. The molecular weight excluding hydrogens is 496 g/mol. The van der Waals surface area contributed by atoms with Gasteiger partial charge in [0, 0.05) is 4.90 Å². The van der Waals surface area contributed by atoms with Gasteiger partial charge in [0.1, 0.15) is 0 Å². The zero-order valence-electron chi connectivity index (χ0n) is 21.2. The number of rotatable bonds is 12. The number of hydrogen-bond donors (Lipinski definition) is 2. The summed E-state index contributed by atoms with van der Waals surface area (Å²) in [5, 5.41) is 7.10. The van der Waals surface area contributed by atoms with Gasteiger partial charge >= 0.3 is 17.1 Å². The number of nitrogens with two attached hydrogens (primary N) is 1. The molecule has 0 amide bonds. The Labute approximate surface area is 229 Å². The molecule has 2 nitrogen and oxygen atoms in total. The second-order valence-corrected chi connectivity index (χ2v) is 9.39. The summed E-state index contributed by atoms with van der Waals surface area (Å²) >= 11 is 1.26. The number of thioether (sulfide) groups is 1. The van der Waals surface area contributed by atoms with Crippen LogP contribution in [-0.2, 0) is 23.5 Å². The normalized spacial score (nSPS) is 9.51. The van der Waals surface area contributed by atoms with Crippen LogP contribution in [0.5, 0.6) is 0 Å². The van der Waals surface area contributed by atoms with Crippen molar-refractivity contribution in [2.24, 2.45) is 5.73 Å². The van der Waals surface area contributed by atoms with Crippen molar-refractivity contribution in [1.82, 2.24) is 0 Å². The van der Waals surface area contributed by atoms with E-state index in [1.807, 2.05) is 60.7 Å². The first-order chi connectivity index (χ1) is 16.7. The molecule has 4 heteroatoms. The van der Waals surface area contributed by atoms with Gasteiger partial charge in [-0.25, -0.2) is 0 Å². The van der Waals surface area contributed by atoms with Crippen LogP contribution in [0.25, 0.3) is 0 Å². The molecule has 0 heterocycles. The van der Waals surface area contributed by atoms with Crippen molar-refractivity contribution in [3.63, 3.8) is 0 Å². The summed E-state index contributed by atoms with van der Waals surface area (Å²) < 4.78 is 0. The van der Waals surface area contributed by atoms with Crippen molar-refractivity contribution in [3.8, 4) is 0 Å². The zero-order chi connectivity index (χ0) is 24.5. The van der Waals surface area contributed by atoms with Gasteiger partial charge in [-0.2, -0.15) is 36.4 Å². The van der Waals surface area contributed by atoms with Crippen molar-refractivity contribution in [2.45, 2.75) is 82.4 Å². The molecule has 0 fully saturated rings. The Morgan fingerprint density at radius 1 is 0.686 bits per heavy atom. The van der Waals surface area contributed by atoms with Gasteiger partial charge in [0.15, 0.2) is 5.17 Å². The van der Waals surface area contributed by atoms with Crippen LogP contribution in [0.3, 0.4) is 0 Å². The van der Waals surface area contributed by atoms with Crippen molar-refractivity contribution >= 4 is 16.9 Å².